The number of non-ortho nitro benzene ring substituents is 1. The van der Waals surface area contributed by atoms with Gasteiger partial charge in [0, 0.05) is 18.7 Å². The highest BCUT2D eigenvalue weighted by atomic mass is 16.6. The van der Waals surface area contributed by atoms with Crippen LogP contribution in [0.4, 0.5) is 5.69 Å². The second-order valence-electron chi connectivity index (χ2n) is 9.54. The van der Waals surface area contributed by atoms with E-state index in [4.69, 9.17) is 0 Å². The highest BCUT2D eigenvalue weighted by Gasteiger charge is 2.30. The van der Waals surface area contributed by atoms with Crippen LogP contribution in [0.25, 0.3) is 0 Å². The number of benzene rings is 2. The average Bonchev–Trinajstić information content (AvgIpc) is 2.60. The summed E-state index contributed by atoms with van der Waals surface area (Å²) in [5.74, 6) is -0.882. The molecule has 0 saturated heterocycles. The maximum atomic E-state index is 12.1. The van der Waals surface area contributed by atoms with Crippen LogP contribution in [0, 0.1) is 10.1 Å². The van der Waals surface area contributed by atoms with Gasteiger partial charge in [-0.25, -0.2) is 0 Å². The summed E-state index contributed by atoms with van der Waals surface area (Å²) in [6.07, 6.45) is 0. The number of rotatable bonds is 6. The van der Waals surface area contributed by atoms with Gasteiger partial charge in [-0.05, 0) is 45.2 Å². The van der Waals surface area contributed by atoms with E-state index in [1.165, 1.54) is 12.1 Å². The number of aliphatic carboxylic acids is 1. The van der Waals surface area contributed by atoms with Crippen LogP contribution in [-0.4, -0.2) is 21.1 Å². The Morgan fingerprint density at radius 3 is 2.03 bits per heavy atom. The summed E-state index contributed by atoms with van der Waals surface area (Å²) >= 11 is 0. The number of hydrogen-bond acceptors (Lipinski definition) is 5. The molecule has 0 fully saturated rings. The molecular formula is C23H30N2O5. The molecule has 1 atom stereocenters. The molecule has 0 aliphatic carbocycles. The lowest BCUT2D eigenvalue weighted by atomic mass is 9.77. The van der Waals surface area contributed by atoms with E-state index in [2.05, 4.69) is 5.32 Å². The first-order chi connectivity index (χ1) is 13.7. The van der Waals surface area contributed by atoms with Crippen molar-refractivity contribution in [2.45, 2.75) is 65.0 Å². The average molecular weight is 415 g/mol. The molecule has 0 heterocycles. The van der Waals surface area contributed by atoms with Crippen LogP contribution in [0.2, 0.25) is 0 Å². The first-order valence-corrected chi connectivity index (χ1v) is 9.79. The van der Waals surface area contributed by atoms with Crippen LogP contribution >= 0.6 is 0 Å². The van der Waals surface area contributed by atoms with Crippen LogP contribution in [0.3, 0.4) is 0 Å². The van der Waals surface area contributed by atoms with Gasteiger partial charge >= 0.3 is 5.97 Å². The SMILES string of the molecule is CC(C)(C)c1cc(C(NCc2cccc([N+](=O)[O-])c2)C(=O)O)cc(C(C)(C)C)c1O. The van der Waals surface area contributed by atoms with Crippen molar-refractivity contribution in [2.24, 2.45) is 0 Å². The molecule has 0 spiro atoms. The second kappa shape index (κ2) is 8.44. The predicted octanol–water partition coefficient (Wildman–Crippen LogP) is 4.81. The van der Waals surface area contributed by atoms with Crippen molar-refractivity contribution in [1.29, 1.82) is 0 Å². The van der Waals surface area contributed by atoms with Crippen molar-refractivity contribution in [1.82, 2.24) is 5.32 Å². The molecule has 0 aromatic heterocycles. The predicted molar refractivity (Wildman–Crippen MR) is 116 cm³/mol. The van der Waals surface area contributed by atoms with Gasteiger partial charge in [0.1, 0.15) is 11.8 Å². The fourth-order valence-corrected chi connectivity index (χ4v) is 3.31. The third kappa shape index (κ3) is 5.36. The number of nitrogens with one attached hydrogen (secondary N) is 1. The molecule has 0 aliphatic heterocycles. The molecular weight excluding hydrogens is 384 g/mol. The summed E-state index contributed by atoms with van der Waals surface area (Å²) < 4.78 is 0. The van der Waals surface area contributed by atoms with Gasteiger partial charge in [-0.1, -0.05) is 53.7 Å². The standard InChI is InChI=1S/C23H30N2O5/c1-22(2,3)17-11-15(12-18(20(17)26)23(4,5)6)19(21(27)28)24-13-14-8-7-9-16(10-14)25(29)30/h7-12,19,24,26H,13H2,1-6H3,(H,27,28). The number of carbonyl (C=O) groups is 1. The smallest absolute Gasteiger partial charge is 0.325 e. The molecule has 0 bridgehead atoms. The molecule has 7 nitrogen and oxygen atoms in total. The molecule has 0 aliphatic rings. The lowest BCUT2D eigenvalue weighted by molar-refractivity contribution is -0.384. The molecule has 2 aromatic rings. The Bertz CT molecular complexity index is 920. The Hall–Kier alpha value is -2.93. The molecule has 162 valence electrons. The van der Waals surface area contributed by atoms with Crippen LogP contribution < -0.4 is 5.32 Å². The number of phenols is 1. The van der Waals surface area contributed by atoms with Gasteiger partial charge in [-0.3, -0.25) is 20.2 Å². The van der Waals surface area contributed by atoms with Crippen LogP contribution in [0.15, 0.2) is 36.4 Å². The normalized spacial score (nSPS) is 13.1. The van der Waals surface area contributed by atoms with Gasteiger partial charge in [0.2, 0.25) is 0 Å². The van der Waals surface area contributed by atoms with E-state index in [9.17, 15) is 25.1 Å². The summed E-state index contributed by atoms with van der Waals surface area (Å²) in [6, 6.07) is 8.51. The molecule has 2 aromatic carbocycles. The number of phenolic OH excluding ortho intramolecular Hbond substituents is 1. The number of carboxylic acid groups (broad SMARTS) is 1. The fourth-order valence-electron chi connectivity index (χ4n) is 3.31. The lowest BCUT2D eigenvalue weighted by Gasteiger charge is -2.29. The Balaban J connectivity index is 2.48. The van der Waals surface area contributed by atoms with E-state index in [1.807, 2.05) is 41.5 Å². The minimum absolute atomic E-state index is 0.0455. The zero-order chi connectivity index (χ0) is 22.9. The molecule has 0 amide bonds. The number of carboxylic acids is 1. The zero-order valence-electron chi connectivity index (χ0n) is 18.3. The minimum Gasteiger partial charge on any atom is -0.507 e. The maximum Gasteiger partial charge on any atom is 0.325 e. The van der Waals surface area contributed by atoms with E-state index < -0.39 is 16.9 Å². The van der Waals surface area contributed by atoms with Crippen molar-refractivity contribution in [2.75, 3.05) is 0 Å². The summed E-state index contributed by atoms with van der Waals surface area (Å²) in [4.78, 5) is 22.6. The monoisotopic (exact) mass is 414 g/mol. The van der Waals surface area contributed by atoms with Crippen molar-refractivity contribution >= 4 is 11.7 Å². The number of nitro groups is 1. The van der Waals surface area contributed by atoms with Crippen LogP contribution in [0.1, 0.15) is 69.8 Å². The quantitative estimate of drug-likeness (QED) is 0.462. The van der Waals surface area contributed by atoms with E-state index in [1.54, 1.807) is 24.3 Å². The molecule has 1 unspecified atom stereocenters. The molecule has 0 radical (unpaired) electrons. The number of nitrogens with zero attached hydrogens (tertiary/aromatic N) is 1. The third-order valence-electron chi connectivity index (χ3n) is 4.96. The van der Waals surface area contributed by atoms with Crippen LogP contribution in [0.5, 0.6) is 5.75 Å². The molecule has 7 heteroatoms. The third-order valence-corrected chi connectivity index (χ3v) is 4.96. The van der Waals surface area contributed by atoms with Gasteiger partial charge in [0.05, 0.1) is 4.92 Å². The number of nitro benzene ring substituents is 1. The van der Waals surface area contributed by atoms with Gasteiger partial charge in [-0.2, -0.15) is 0 Å². The van der Waals surface area contributed by atoms with Crippen molar-refractivity contribution < 1.29 is 19.9 Å². The van der Waals surface area contributed by atoms with E-state index in [0.717, 1.165) is 0 Å². The Kier molecular flexibility index (Phi) is 6.57. The lowest BCUT2D eigenvalue weighted by Crippen LogP contribution is -2.29. The Morgan fingerprint density at radius 1 is 1.07 bits per heavy atom. The van der Waals surface area contributed by atoms with Crippen molar-refractivity contribution in [3.05, 3.63) is 68.8 Å². The molecule has 2 rings (SSSR count). The Labute approximate surface area is 176 Å². The fraction of sp³-hybridized carbons (Fsp3) is 0.435. The molecule has 3 N–H and O–H groups in total. The summed E-state index contributed by atoms with van der Waals surface area (Å²) in [6.45, 7) is 11.9. The van der Waals surface area contributed by atoms with Crippen LogP contribution in [-0.2, 0) is 22.2 Å². The van der Waals surface area contributed by atoms with Crippen molar-refractivity contribution in [3.8, 4) is 5.75 Å². The highest BCUT2D eigenvalue weighted by Crippen LogP contribution is 2.41. The second-order valence-corrected chi connectivity index (χ2v) is 9.54. The van der Waals surface area contributed by atoms with Gasteiger partial charge in [0.15, 0.2) is 0 Å². The topological polar surface area (TPSA) is 113 Å². The van der Waals surface area contributed by atoms with Crippen molar-refractivity contribution in [3.63, 3.8) is 0 Å². The Morgan fingerprint density at radius 2 is 1.60 bits per heavy atom. The minimum atomic E-state index is -1.06. The summed E-state index contributed by atoms with van der Waals surface area (Å²) in [5.41, 5.74) is 1.67. The number of hydrogen-bond donors (Lipinski definition) is 3. The van der Waals surface area contributed by atoms with E-state index >= 15 is 0 Å². The van der Waals surface area contributed by atoms with Gasteiger partial charge in [0.25, 0.3) is 5.69 Å². The van der Waals surface area contributed by atoms with Gasteiger partial charge < -0.3 is 10.2 Å². The largest absolute Gasteiger partial charge is 0.507 e. The maximum absolute atomic E-state index is 12.1. The van der Waals surface area contributed by atoms with E-state index in [-0.39, 0.29) is 28.8 Å². The molecule has 0 saturated carbocycles. The first kappa shape index (κ1) is 23.3. The highest BCUT2D eigenvalue weighted by molar-refractivity contribution is 5.76. The zero-order valence-corrected chi connectivity index (χ0v) is 18.3. The molecule has 30 heavy (non-hydrogen) atoms. The first-order valence-electron chi connectivity index (χ1n) is 9.79. The van der Waals surface area contributed by atoms with Gasteiger partial charge in [-0.15, -0.1) is 0 Å². The summed E-state index contributed by atoms with van der Waals surface area (Å²) in [7, 11) is 0. The number of aromatic hydroxyl groups is 1. The van der Waals surface area contributed by atoms with E-state index in [0.29, 0.717) is 22.3 Å². The summed E-state index contributed by atoms with van der Waals surface area (Å²) in [5, 5.41) is 34.7.